The molecule has 0 fully saturated rings. The van der Waals surface area contributed by atoms with Crippen molar-refractivity contribution >= 4 is 0 Å². The van der Waals surface area contributed by atoms with E-state index < -0.39 is 0 Å². The highest BCUT2D eigenvalue weighted by molar-refractivity contribution is 5.23. The third-order valence-electron chi connectivity index (χ3n) is 3.10. The third-order valence-corrected chi connectivity index (χ3v) is 3.10. The van der Waals surface area contributed by atoms with Gasteiger partial charge < -0.3 is 10.1 Å². The van der Waals surface area contributed by atoms with Crippen LogP contribution in [0.25, 0.3) is 0 Å². The lowest BCUT2D eigenvalue weighted by Gasteiger charge is -2.22. The lowest BCUT2D eigenvalue weighted by atomic mass is 10.0. The Morgan fingerprint density at radius 3 is 2.61 bits per heavy atom. The van der Waals surface area contributed by atoms with Crippen molar-refractivity contribution in [1.29, 1.82) is 0 Å². The molecule has 1 unspecified atom stereocenters. The first kappa shape index (κ1) is 15.1. The molecular formula is C15H24FNO. The molecule has 0 heterocycles. The van der Waals surface area contributed by atoms with Crippen LogP contribution < -0.4 is 5.32 Å². The summed E-state index contributed by atoms with van der Waals surface area (Å²) in [4.78, 5) is 0. The largest absolute Gasteiger partial charge is 0.380 e. The summed E-state index contributed by atoms with van der Waals surface area (Å²) in [7, 11) is 0. The van der Waals surface area contributed by atoms with Crippen LogP contribution in [0, 0.1) is 18.7 Å². The molecule has 1 atom stereocenters. The SMILES string of the molecule is CCOCC(NCc1ccc(F)c(C)c1)C(C)C. The number of halogens is 1. The van der Waals surface area contributed by atoms with Crippen molar-refractivity contribution in [2.45, 2.75) is 40.3 Å². The molecule has 0 radical (unpaired) electrons. The number of ether oxygens (including phenoxy) is 1. The number of benzene rings is 1. The molecule has 0 saturated heterocycles. The highest BCUT2D eigenvalue weighted by Crippen LogP contribution is 2.10. The molecule has 18 heavy (non-hydrogen) atoms. The van der Waals surface area contributed by atoms with Crippen molar-refractivity contribution in [3.63, 3.8) is 0 Å². The normalized spacial score (nSPS) is 13.0. The first-order valence-corrected chi connectivity index (χ1v) is 6.60. The van der Waals surface area contributed by atoms with E-state index in [9.17, 15) is 4.39 Å². The zero-order valence-corrected chi connectivity index (χ0v) is 11.8. The number of aryl methyl sites for hydroxylation is 1. The Hall–Kier alpha value is -0.930. The van der Waals surface area contributed by atoms with E-state index >= 15 is 0 Å². The third kappa shape index (κ3) is 4.75. The smallest absolute Gasteiger partial charge is 0.126 e. The number of hydrogen-bond acceptors (Lipinski definition) is 2. The van der Waals surface area contributed by atoms with Crippen LogP contribution in [0.3, 0.4) is 0 Å². The maximum absolute atomic E-state index is 13.2. The highest BCUT2D eigenvalue weighted by atomic mass is 19.1. The van der Waals surface area contributed by atoms with Crippen LogP contribution in [-0.2, 0) is 11.3 Å². The molecule has 0 aliphatic rings. The van der Waals surface area contributed by atoms with E-state index in [1.165, 1.54) is 6.07 Å². The van der Waals surface area contributed by atoms with Crippen molar-refractivity contribution < 1.29 is 9.13 Å². The standard InChI is InChI=1S/C15H24FNO/c1-5-18-10-15(11(2)3)17-9-13-6-7-14(16)12(4)8-13/h6-8,11,15,17H,5,9-10H2,1-4H3. The van der Waals surface area contributed by atoms with Gasteiger partial charge in [0.05, 0.1) is 6.61 Å². The molecule has 0 aliphatic heterocycles. The molecule has 102 valence electrons. The minimum absolute atomic E-state index is 0.145. The van der Waals surface area contributed by atoms with Crippen LogP contribution in [0.2, 0.25) is 0 Å². The van der Waals surface area contributed by atoms with Gasteiger partial charge in [0.1, 0.15) is 5.82 Å². The summed E-state index contributed by atoms with van der Waals surface area (Å²) >= 11 is 0. The fourth-order valence-corrected chi connectivity index (χ4v) is 1.80. The Balaban J connectivity index is 2.52. The van der Waals surface area contributed by atoms with Gasteiger partial charge in [-0.1, -0.05) is 26.0 Å². The maximum atomic E-state index is 13.2. The molecular weight excluding hydrogens is 229 g/mol. The zero-order chi connectivity index (χ0) is 13.5. The predicted molar refractivity (Wildman–Crippen MR) is 73.1 cm³/mol. The van der Waals surface area contributed by atoms with Gasteiger partial charge in [0.2, 0.25) is 0 Å². The van der Waals surface area contributed by atoms with Gasteiger partial charge in [-0.25, -0.2) is 4.39 Å². The van der Waals surface area contributed by atoms with Crippen molar-refractivity contribution in [2.75, 3.05) is 13.2 Å². The van der Waals surface area contributed by atoms with E-state index in [-0.39, 0.29) is 5.82 Å². The van der Waals surface area contributed by atoms with Crippen molar-refractivity contribution in [3.05, 3.63) is 35.1 Å². The molecule has 0 amide bonds. The number of rotatable bonds is 7. The summed E-state index contributed by atoms with van der Waals surface area (Å²) in [6.07, 6.45) is 0. The average molecular weight is 253 g/mol. The first-order valence-electron chi connectivity index (χ1n) is 6.60. The topological polar surface area (TPSA) is 21.3 Å². The molecule has 2 nitrogen and oxygen atoms in total. The summed E-state index contributed by atoms with van der Waals surface area (Å²) in [6, 6.07) is 5.57. The van der Waals surface area contributed by atoms with Crippen LogP contribution >= 0.6 is 0 Å². The molecule has 1 aromatic carbocycles. The zero-order valence-electron chi connectivity index (χ0n) is 11.8. The Kier molecular flexibility index (Phi) is 6.30. The van der Waals surface area contributed by atoms with Crippen LogP contribution in [0.5, 0.6) is 0 Å². The molecule has 0 bridgehead atoms. The Labute approximate surface area is 110 Å². The predicted octanol–water partition coefficient (Wildman–Crippen LogP) is 3.28. The van der Waals surface area contributed by atoms with Crippen LogP contribution in [-0.4, -0.2) is 19.3 Å². The summed E-state index contributed by atoms with van der Waals surface area (Å²) in [5, 5.41) is 3.47. The fraction of sp³-hybridized carbons (Fsp3) is 0.600. The fourth-order valence-electron chi connectivity index (χ4n) is 1.80. The summed E-state index contributed by atoms with van der Waals surface area (Å²) in [5.41, 5.74) is 1.80. The van der Waals surface area contributed by atoms with Gasteiger partial charge in [-0.05, 0) is 37.0 Å². The van der Waals surface area contributed by atoms with Crippen LogP contribution in [0.1, 0.15) is 31.9 Å². The van der Waals surface area contributed by atoms with E-state index in [2.05, 4.69) is 19.2 Å². The highest BCUT2D eigenvalue weighted by Gasteiger charge is 2.12. The Morgan fingerprint density at radius 1 is 1.33 bits per heavy atom. The molecule has 0 saturated carbocycles. The summed E-state index contributed by atoms with van der Waals surface area (Å²) < 4.78 is 18.6. The molecule has 1 aromatic rings. The van der Waals surface area contributed by atoms with E-state index in [1.54, 1.807) is 6.92 Å². The minimum Gasteiger partial charge on any atom is -0.380 e. The first-order chi connectivity index (χ1) is 8.54. The number of nitrogens with one attached hydrogen (secondary N) is 1. The molecule has 0 aromatic heterocycles. The van der Waals surface area contributed by atoms with Gasteiger partial charge in [0.25, 0.3) is 0 Å². The lowest BCUT2D eigenvalue weighted by molar-refractivity contribution is 0.108. The second-order valence-corrected chi connectivity index (χ2v) is 4.97. The van der Waals surface area contributed by atoms with Crippen LogP contribution in [0.15, 0.2) is 18.2 Å². The summed E-state index contributed by atoms with van der Waals surface area (Å²) in [6.45, 7) is 10.3. The van der Waals surface area contributed by atoms with E-state index in [4.69, 9.17) is 4.74 Å². The van der Waals surface area contributed by atoms with Crippen LogP contribution in [0.4, 0.5) is 4.39 Å². The molecule has 0 spiro atoms. The van der Waals surface area contributed by atoms with Gasteiger partial charge in [-0.3, -0.25) is 0 Å². The van der Waals surface area contributed by atoms with Gasteiger partial charge in [0, 0.05) is 19.2 Å². The molecule has 0 aliphatic carbocycles. The van der Waals surface area contributed by atoms with E-state index in [1.807, 2.05) is 19.1 Å². The van der Waals surface area contributed by atoms with Gasteiger partial charge in [-0.15, -0.1) is 0 Å². The molecule has 3 heteroatoms. The average Bonchev–Trinajstić information content (AvgIpc) is 2.33. The quantitative estimate of drug-likeness (QED) is 0.805. The monoisotopic (exact) mass is 253 g/mol. The van der Waals surface area contributed by atoms with Crippen molar-refractivity contribution in [1.82, 2.24) is 5.32 Å². The summed E-state index contributed by atoms with van der Waals surface area (Å²) in [5.74, 6) is 0.367. The molecule has 1 N–H and O–H groups in total. The lowest BCUT2D eigenvalue weighted by Crippen LogP contribution is -2.37. The van der Waals surface area contributed by atoms with Crippen molar-refractivity contribution in [2.24, 2.45) is 5.92 Å². The second-order valence-electron chi connectivity index (χ2n) is 4.97. The Bertz CT molecular complexity index is 366. The number of hydrogen-bond donors (Lipinski definition) is 1. The van der Waals surface area contributed by atoms with Crippen molar-refractivity contribution in [3.8, 4) is 0 Å². The second kappa shape index (κ2) is 7.49. The van der Waals surface area contributed by atoms with Gasteiger partial charge >= 0.3 is 0 Å². The van der Waals surface area contributed by atoms with E-state index in [0.717, 1.165) is 18.7 Å². The van der Waals surface area contributed by atoms with E-state index in [0.29, 0.717) is 24.1 Å². The molecule has 1 rings (SSSR count). The minimum atomic E-state index is -0.145. The van der Waals surface area contributed by atoms with Gasteiger partial charge in [-0.2, -0.15) is 0 Å². The maximum Gasteiger partial charge on any atom is 0.126 e. The van der Waals surface area contributed by atoms with Gasteiger partial charge in [0.15, 0.2) is 0 Å². The Morgan fingerprint density at radius 2 is 2.06 bits per heavy atom.